The Balaban J connectivity index is 1.89. The zero-order valence-corrected chi connectivity index (χ0v) is 13.7. The SMILES string of the molecule is C#CCCOc1c(-c2csc(N3CCOCC3)n2)ccc(F)c1F. The highest BCUT2D eigenvalue weighted by atomic mass is 32.1. The second-order valence-electron chi connectivity index (χ2n) is 5.16. The number of thiazole rings is 1. The molecule has 0 radical (unpaired) electrons. The molecule has 1 saturated heterocycles. The first-order chi connectivity index (χ1) is 11.7. The van der Waals surface area contributed by atoms with E-state index in [9.17, 15) is 8.78 Å². The number of aromatic nitrogens is 1. The summed E-state index contributed by atoms with van der Waals surface area (Å²) in [5.74, 6) is 0.273. The van der Waals surface area contributed by atoms with E-state index in [-0.39, 0.29) is 12.4 Å². The van der Waals surface area contributed by atoms with Gasteiger partial charge in [-0.3, -0.25) is 0 Å². The van der Waals surface area contributed by atoms with Gasteiger partial charge in [0.25, 0.3) is 0 Å². The third kappa shape index (κ3) is 3.50. The van der Waals surface area contributed by atoms with E-state index in [2.05, 4.69) is 15.8 Å². The van der Waals surface area contributed by atoms with Crippen LogP contribution in [0, 0.1) is 24.0 Å². The van der Waals surface area contributed by atoms with E-state index in [1.165, 1.54) is 17.4 Å². The monoisotopic (exact) mass is 350 g/mol. The van der Waals surface area contributed by atoms with Crippen molar-refractivity contribution in [1.82, 2.24) is 4.98 Å². The van der Waals surface area contributed by atoms with Gasteiger partial charge in [0, 0.05) is 30.5 Å². The van der Waals surface area contributed by atoms with E-state index >= 15 is 0 Å². The molecule has 0 aliphatic carbocycles. The second-order valence-corrected chi connectivity index (χ2v) is 5.99. The van der Waals surface area contributed by atoms with Gasteiger partial charge in [-0.25, -0.2) is 9.37 Å². The summed E-state index contributed by atoms with van der Waals surface area (Å²) in [4.78, 5) is 6.65. The molecule has 2 aromatic rings. The molecule has 0 saturated carbocycles. The number of rotatable bonds is 5. The number of hydrogen-bond acceptors (Lipinski definition) is 5. The third-order valence-electron chi connectivity index (χ3n) is 3.59. The van der Waals surface area contributed by atoms with Gasteiger partial charge < -0.3 is 14.4 Å². The molecule has 3 rings (SSSR count). The molecule has 0 atom stereocenters. The molecule has 1 aromatic heterocycles. The van der Waals surface area contributed by atoms with Crippen LogP contribution in [0.4, 0.5) is 13.9 Å². The van der Waals surface area contributed by atoms with Gasteiger partial charge >= 0.3 is 0 Å². The molecular formula is C17H16F2N2O2S. The van der Waals surface area contributed by atoms with Crippen LogP contribution >= 0.6 is 11.3 Å². The lowest BCUT2D eigenvalue weighted by atomic mass is 10.1. The Bertz CT molecular complexity index is 752. The number of ether oxygens (including phenoxy) is 2. The number of morpholine rings is 1. The molecule has 1 fully saturated rings. The smallest absolute Gasteiger partial charge is 0.201 e. The highest BCUT2D eigenvalue weighted by molar-refractivity contribution is 7.14. The van der Waals surface area contributed by atoms with Crippen molar-refractivity contribution in [2.75, 3.05) is 37.8 Å². The first-order valence-corrected chi connectivity index (χ1v) is 8.41. The lowest BCUT2D eigenvalue weighted by Crippen LogP contribution is -2.36. The zero-order valence-electron chi connectivity index (χ0n) is 12.9. The fourth-order valence-corrected chi connectivity index (χ4v) is 3.25. The molecule has 1 aliphatic rings. The first kappa shape index (κ1) is 16.7. The van der Waals surface area contributed by atoms with E-state index < -0.39 is 11.6 Å². The molecule has 7 heteroatoms. The summed E-state index contributed by atoms with van der Waals surface area (Å²) < 4.78 is 38.4. The Morgan fingerprint density at radius 2 is 2.12 bits per heavy atom. The molecule has 1 aromatic carbocycles. The molecule has 0 spiro atoms. The highest BCUT2D eigenvalue weighted by Crippen LogP contribution is 2.36. The molecule has 24 heavy (non-hydrogen) atoms. The van der Waals surface area contributed by atoms with E-state index in [4.69, 9.17) is 15.9 Å². The molecule has 0 N–H and O–H groups in total. The summed E-state index contributed by atoms with van der Waals surface area (Å²) in [5, 5.41) is 2.64. The van der Waals surface area contributed by atoms with Crippen molar-refractivity contribution in [1.29, 1.82) is 0 Å². The van der Waals surface area contributed by atoms with Crippen LogP contribution in [0.15, 0.2) is 17.5 Å². The van der Waals surface area contributed by atoms with Gasteiger partial charge in [0.2, 0.25) is 5.82 Å². The third-order valence-corrected chi connectivity index (χ3v) is 4.49. The average molecular weight is 350 g/mol. The Morgan fingerprint density at radius 1 is 1.33 bits per heavy atom. The topological polar surface area (TPSA) is 34.6 Å². The van der Waals surface area contributed by atoms with Gasteiger partial charge in [-0.2, -0.15) is 4.39 Å². The van der Waals surface area contributed by atoms with Crippen LogP contribution in [0.1, 0.15) is 6.42 Å². The quantitative estimate of drug-likeness (QED) is 0.612. The van der Waals surface area contributed by atoms with Crippen LogP contribution in [-0.2, 0) is 4.74 Å². The number of hydrogen-bond donors (Lipinski definition) is 0. The first-order valence-electron chi connectivity index (χ1n) is 7.53. The van der Waals surface area contributed by atoms with Crippen molar-refractivity contribution < 1.29 is 18.3 Å². The number of anilines is 1. The summed E-state index contributed by atoms with van der Waals surface area (Å²) in [5.41, 5.74) is 0.970. The van der Waals surface area contributed by atoms with E-state index in [0.29, 0.717) is 30.9 Å². The molecule has 0 amide bonds. The number of benzene rings is 1. The van der Waals surface area contributed by atoms with Crippen molar-refractivity contribution in [3.05, 3.63) is 29.1 Å². The van der Waals surface area contributed by atoms with Crippen LogP contribution in [-0.4, -0.2) is 37.9 Å². The fraction of sp³-hybridized carbons (Fsp3) is 0.353. The minimum atomic E-state index is -1.02. The Kier molecular flexibility index (Phi) is 5.28. The second kappa shape index (κ2) is 7.60. The highest BCUT2D eigenvalue weighted by Gasteiger charge is 2.20. The average Bonchev–Trinajstić information content (AvgIpc) is 3.09. The molecular weight excluding hydrogens is 334 g/mol. The van der Waals surface area contributed by atoms with Crippen LogP contribution in [0.3, 0.4) is 0 Å². The molecule has 0 unspecified atom stereocenters. The molecule has 0 bridgehead atoms. The summed E-state index contributed by atoms with van der Waals surface area (Å²) >= 11 is 1.45. The Morgan fingerprint density at radius 3 is 2.88 bits per heavy atom. The molecule has 2 heterocycles. The number of halogens is 2. The predicted molar refractivity (Wildman–Crippen MR) is 89.4 cm³/mol. The van der Waals surface area contributed by atoms with Crippen molar-refractivity contribution in [3.8, 4) is 29.4 Å². The number of terminal acetylenes is 1. The van der Waals surface area contributed by atoms with Gasteiger partial charge in [-0.05, 0) is 12.1 Å². The zero-order chi connectivity index (χ0) is 16.9. The maximum Gasteiger partial charge on any atom is 0.201 e. The van der Waals surface area contributed by atoms with E-state index in [1.807, 2.05) is 5.38 Å². The van der Waals surface area contributed by atoms with Gasteiger partial charge in [-0.15, -0.1) is 23.7 Å². The van der Waals surface area contributed by atoms with Crippen molar-refractivity contribution in [2.24, 2.45) is 0 Å². The van der Waals surface area contributed by atoms with Crippen LogP contribution in [0.25, 0.3) is 11.3 Å². The summed E-state index contributed by atoms with van der Waals surface area (Å²) in [7, 11) is 0. The van der Waals surface area contributed by atoms with Crippen LogP contribution < -0.4 is 9.64 Å². The van der Waals surface area contributed by atoms with Gasteiger partial charge in [0.05, 0.1) is 25.5 Å². The summed E-state index contributed by atoms with van der Waals surface area (Å²) in [6.07, 6.45) is 5.48. The van der Waals surface area contributed by atoms with Crippen molar-refractivity contribution in [2.45, 2.75) is 6.42 Å². The lowest BCUT2D eigenvalue weighted by molar-refractivity contribution is 0.122. The maximum absolute atomic E-state index is 14.1. The maximum atomic E-state index is 14.1. The summed E-state index contributed by atoms with van der Waals surface area (Å²) in [6, 6.07) is 2.55. The normalized spacial score (nSPS) is 14.5. The van der Waals surface area contributed by atoms with Crippen LogP contribution in [0.5, 0.6) is 5.75 Å². The largest absolute Gasteiger partial charge is 0.489 e. The van der Waals surface area contributed by atoms with Gasteiger partial charge in [-0.1, -0.05) is 0 Å². The van der Waals surface area contributed by atoms with E-state index in [0.717, 1.165) is 24.3 Å². The molecule has 126 valence electrons. The van der Waals surface area contributed by atoms with E-state index in [1.54, 1.807) is 0 Å². The fourth-order valence-electron chi connectivity index (χ4n) is 2.37. The molecule has 1 aliphatic heterocycles. The van der Waals surface area contributed by atoms with Crippen molar-refractivity contribution in [3.63, 3.8) is 0 Å². The Labute approximate surface area is 143 Å². The number of nitrogens with zero attached hydrogens (tertiary/aromatic N) is 2. The van der Waals surface area contributed by atoms with Crippen molar-refractivity contribution >= 4 is 16.5 Å². The minimum Gasteiger partial charge on any atom is -0.489 e. The van der Waals surface area contributed by atoms with Gasteiger partial charge in [0.1, 0.15) is 0 Å². The minimum absolute atomic E-state index is 0.115. The van der Waals surface area contributed by atoms with Gasteiger partial charge in [0.15, 0.2) is 16.7 Å². The Hall–Kier alpha value is -2.17. The standard InChI is InChI=1S/C17H16F2N2O2S/c1-2-3-8-23-16-12(4-5-13(18)15(16)19)14-11-24-17(20-14)21-6-9-22-10-7-21/h1,4-5,11H,3,6-10H2. The van der Waals surface area contributed by atoms with Crippen LogP contribution in [0.2, 0.25) is 0 Å². The summed E-state index contributed by atoms with van der Waals surface area (Å²) in [6.45, 7) is 2.94. The molecule has 4 nitrogen and oxygen atoms in total. The lowest BCUT2D eigenvalue weighted by Gasteiger charge is -2.26. The predicted octanol–water partition coefficient (Wildman–Crippen LogP) is 3.33.